The normalized spacial score (nSPS) is 14.6. The number of fused-ring (bicyclic) bond motifs is 2. The zero-order chi connectivity index (χ0) is 22.5. The lowest BCUT2D eigenvalue weighted by atomic mass is 9.93. The highest BCUT2D eigenvalue weighted by Gasteiger charge is 2.37. The Bertz CT molecular complexity index is 1250. The predicted molar refractivity (Wildman–Crippen MR) is 112 cm³/mol. The fourth-order valence-corrected chi connectivity index (χ4v) is 3.85. The molecule has 8 heteroatoms. The average molecular weight is 432 g/mol. The van der Waals surface area contributed by atoms with E-state index >= 15 is 0 Å². The number of carbonyl (C=O) groups is 3. The molecule has 0 unspecified atom stereocenters. The molecular formula is C24H20N2O6. The second-order valence-corrected chi connectivity index (χ2v) is 8.18. The fourth-order valence-electron chi connectivity index (χ4n) is 3.85. The Morgan fingerprint density at radius 2 is 1.78 bits per heavy atom. The lowest BCUT2D eigenvalue weighted by Gasteiger charge is -2.27. The summed E-state index contributed by atoms with van der Waals surface area (Å²) >= 11 is 0. The number of rotatable bonds is 5. The van der Waals surface area contributed by atoms with Gasteiger partial charge in [-0.15, -0.1) is 0 Å². The molecule has 3 heterocycles. The molecule has 1 aromatic heterocycles. The summed E-state index contributed by atoms with van der Waals surface area (Å²) in [6, 6.07) is 13.4. The Morgan fingerprint density at radius 1 is 1.00 bits per heavy atom. The smallest absolute Gasteiger partial charge is 0.261 e. The second-order valence-electron chi connectivity index (χ2n) is 8.18. The number of furan rings is 1. The quantitative estimate of drug-likeness (QED) is 0.620. The minimum Gasteiger partial charge on any atom is -0.467 e. The van der Waals surface area contributed by atoms with Crippen LogP contribution < -0.4 is 14.8 Å². The number of nitrogens with one attached hydrogen (secondary N) is 1. The Balaban J connectivity index is 1.36. The molecule has 3 aromatic rings. The minimum atomic E-state index is -0.720. The molecule has 0 bridgehead atoms. The van der Waals surface area contributed by atoms with Crippen molar-refractivity contribution < 1.29 is 28.3 Å². The van der Waals surface area contributed by atoms with Gasteiger partial charge in [-0.05, 0) is 61.9 Å². The first kappa shape index (κ1) is 19.9. The highest BCUT2D eigenvalue weighted by atomic mass is 16.7. The van der Waals surface area contributed by atoms with Gasteiger partial charge in [-0.3, -0.25) is 19.3 Å². The fraction of sp³-hybridized carbons (Fsp3) is 0.208. The van der Waals surface area contributed by atoms with Gasteiger partial charge in [0, 0.05) is 5.56 Å². The summed E-state index contributed by atoms with van der Waals surface area (Å²) in [6.45, 7) is 3.95. The van der Waals surface area contributed by atoms with Crippen LogP contribution in [-0.2, 0) is 12.1 Å². The van der Waals surface area contributed by atoms with E-state index < -0.39 is 17.4 Å². The van der Waals surface area contributed by atoms with Crippen molar-refractivity contribution in [2.24, 2.45) is 0 Å². The Hall–Kier alpha value is -4.07. The molecule has 0 atom stereocenters. The summed E-state index contributed by atoms with van der Waals surface area (Å²) in [6.07, 6.45) is 1.48. The van der Waals surface area contributed by atoms with Crippen LogP contribution >= 0.6 is 0 Å². The largest absolute Gasteiger partial charge is 0.467 e. The van der Waals surface area contributed by atoms with Gasteiger partial charge in [-0.25, -0.2) is 0 Å². The molecule has 2 aromatic carbocycles. The van der Waals surface area contributed by atoms with E-state index in [1.54, 1.807) is 24.3 Å². The number of imide groups is 1. The number of benzene rings is 2. The van der Waals surface area contributed by atoms with Gasteiger partial charge >= 0.3 is 0 Å². The molecule has 0 saturated heterocycles. The predicted octanol–water partition coefficient (Wildman–Crippen LogP) is 3.47. The first-order valence-corrected chi connectivity index (χ1v) is 10.1. The first-order chi connectivity index (χ1) is 15.3. The summed E-state index contributed by atoms with van der Waals surface area (Å²) in [7, 11) is 0. The SMILES string of the molecule is CC(C)(NC(=O)c1ccc2c(c1)C(=O)N(Cc1ccco1)C2=O)c1ccc2c(c1)OCO2. The molecular weight excluding hydrogens is 412 g/mol. The first-order valence-electron chi connectivity index (χ1n) is 10.1. The van der Waals surface area contributed by atoms with Crippen molar-refractivity contribution in [3.05, 3.63) is 82.8 Å². The van der Waals surface area contributed by atoms with Crippen molar-refractivity contribution in [3.63, 3.8) is 0 Å². The number of hydrogen-bond donors (Lipinski definition) is 1. The van der Waals surface area contributed by atoms with Crippen LogP contribution in [0.5, 0.6) is 11.5 Å². The number of amides is 3. The highest BCUT2D eigenvalue weighted by molar-refractivity contribution is 6.22. The molecule has 8 nitrogen and oxygen atoms in total. The summed E-state index contributed by atoms with van der Waals surface area (Å²) in [4.78, 5) is 39.6. The maximum Gasteiger partial charge on any atom is 0.261 e. The van der Waals surface area contributed by atoms with Crippen LogP contribution in [-0.4, -0.2) is 29.4 Å². The van der Waals surface area contributed by atoms with Crippen molar-refractivity contribution in [1.29, 1.82) is 0 Å². The van der Waals surface area contributed by atoms with E-state index in [9.17, 15) is 14.4 Å². The lowest BCUT2D eigenvalue weighted by molar-refractivity contribution is 0.0631. The molecule has 0 fully saturated rings. The van der Waals surface area contributed by atoms with E-state index in [1.165, 1.54) is 18.4 Å². The molecule has 3 amide bonds. The third-order valence-electron chi connectivity index (χ3n) is 5.65. The minimum absolute atomic E-state index is 0.0397. The van der Waals surface area contributed by atoms with Crippen molar-refractivity contribution in [2.75, 3.05) is 6.79 Å². The van der Waals surface area contributed by atoms with Gasteiger partial charge in [-0.2, -0.15) is 0 Å². The van der Waals surface area contributed by atoms with Crippen LogP contribution in [0.3, 0.4) is 0 Å². The van der Waals surface area contributed by atoms with Gasteiger partial charge in [0.1, 0.15) is 5.76 Å². The number of hydrogen-bond acceptors (Lipinski definition) is 6. The molecule has 2 aliphatic rings. The lowest BCUT2D eigenvalue weighted by Crippen LogP contribution is -2.41. The van der Waals surface area contributed by atoms with Crippen molar-refractivity contribution in [2.45, 2.75) is 25.9 Å². The van der Waals surface area contributed by atoms with E-state index in [1.807, 2.05) is 26.0 Å². The zero-order valence-corrected chi connectivity index (χ0v) is 17.5. The van der Waals surface area contributed by atoms with Crippen LogP contribution in [0.15, 0.2) is 59.2 Å². The maximum absolute atomic E-state index is 13.0. The van der Waals surface area contributed by atoms with Crippen molar-refractivity contribution in [1.82, 2.24) is 10.2 Å². The Morgan fingerprint density at radius 3 is 2.56 bits per heavy atom. The summed E-state index contributed by atoms with van der Waals surface area (Å²) in [5.41, 5.74) is 0.885. The topological polar surface area (TPSA) is 98.1 Å². The van der Waals surface area contributed by atoms with E-state index in [0.29, 0.717) is 22.8 Å². The van der Waals surface area contributed by atoms with Crippen LogP contribution in [0.25, 0.3) is 0 Å². The monoisotopic (exact) mass is 432 g/mol. The van der Waals surface area contributed by atoms with Gasteiger partial charge < -0.3 is 19.2 Å². The molecule has 0 aliphatic carbocycles. The standard InChI is InChI=1S/C24H20N2O6/c1-24(2,15-6-8-19-20(11-15)32-13-31-19)25-21(27)14-5-7-17-18(10-14)23(29)26(22(17)28)12-16-4-3-9-30-16/h3-11H,12-13H2,1-2H3,(H,25,27). The summed E-state index contributed by atoms with van der Waals surface area (Å²) in [5, 5.41) is 2.98. The molecule has 0 saturated carbocycles. The van der Waals surface area contributed by atoms with Crippen LogP contribution in [0.1, 0.15) is 56.2 Å². The van der Waals surface area contributed by atoms with Gasteiger partial charge in [0.05, 0.1) is 29.5 Å². The number of carbonyl (C=O) groups excluding carboxylic acids is 3. The molecule has 0 radical (unpaired) electrons. The highest BCUT2D eigenvalue weighted by Crippen LogP contribution is 2.36. The molecule has 5 rings (SSSR count). The third-order valence-corrected chi connectivity index (χ3v) is 5.65. The van der Waals surface area contributed by atoms with E-state index in [4.69, 9.17) is 13.9 Å². The van der Waals surface area contributed by atoms with Crippen LogP contribution in [0.2, 0.25) is 0 Å². The van der Waals surface area contributed by atoms with Crippen LogP contribution in [0, 0.1) is 0 Å². The van der Waals surface area contributed by atoms with E-state index in [-0.39, 0.29) is 30.4 Å². The molecule has 1 N–H and O–H groups in total. The Labute approximate surface area is 183 Å². The van der Waals surface area contributed by atoms with Crippen molar-refractivity contribution in [3.8, 4) is 11.5 Å². The third kappa shape index (κ3) is 3.30. The van der Waals surface area contributed by atoms with Gasteiger partial charge in [0.15, 0.2) is 11.5 Å². The molecule has 2 aliphatic heterocycles. The van der Waals surface area contributed by atoms with Gasteiger partial charge in [0.25, 0.3) is 17.7 Å². The number of nitrogens with zero attached hydrogens (tertiary/aromatic N) is 1. The Kier molecular flexibility index (Phi) is 4.51. The molecule has 0 spiro atoms. The van der Waals surface area contributed by atoms with Gasteiger partial charge in [0.2, 0.25) is 6.79 Å². The zero-order valence-electron chi connectivity index (χ0n) is 17.5. The van der Waals surface area contributed by atoms with Crippen molar-refractivity contribution >= 4 is 17.7 Å². The van der Waals surface area contributed by atoms with Gasteiger partial charge in [-0.1, -0.05) is 6.07 Å². The second kappa shape index (κ2) is 7.26. The maximum atomic E-state index is 13.0. The number of ether oxygens (including phenoxy) is 2. The summed E-state index contributed by atoms with van der Waals surface area (Å²) in [5.74, 6) is 0.572. The average Bonchev–Trinajstić information content (AvgIpc) is 3.50. The molecule has 32 heavy (non-hydrogen) atoms. The molecule has 162 valence electrons. The van der Waals surface area contributed by atoms with E-state index in [0.717, 1.165) is 10.5 Å². The summed E-state index contributed by atoms with van der Waals surface area (Å²) < 4.78 is 16.0. The van der Waals surface area contributed by atoms with E-state index in [2.05, 4.69) is 5.32 Å². The van der Waals surface area contributed by atoms with Crippen LogP contribution in [0.4, 0.5) is 0 Å².